The Bertz CT molecular complexity index is 575. The summed E-state index contributed by atoms with van der Waals surface area (Å²) in [4.78, 5) is 7.95. The largest absolute Gasteiger partial charge is 0.508 e. The third-order valence-corrected chi connectivity index (χ3v) is 2.37. The zero-order chi connectivity index (χ0) is 12.4. The lowest BCUT2D eigenvalue weighted by Gasteiger charge is -2.06. The molecule has 4 N–H and O–H groups in total. The van der Waals surface area contributed by atoms with Gasteiger partial charge in [0.15, 0.2) is 5.84 Å². The zero-order valence-electron chi connectivity index (χ0n) is 8.68. The molecule has 0 saturated heterocycles. The number of aromatic hydroxyl groups is 1. The first-order valence-electron chi connectivity index (χ1n) is 4.74. The van der Waals surface area contributed by atoms with Crippen molar-refractivity contribution in [2.45, 2.75) is 0 Å². The number of aliphatic imine (C=N–C) groups is 2. The molecule has 17 heavy (non-hydrogen) atoms. The lowest BCUT2D eigenvalue weighted by Crippen LogP contribution is -2.20. The quantitative estimate of drug-likeness (QED) is 0.709. The molecule has 1 aliphatic heterocycles. The highest BCUT2D eigenvalue weighted by atomic mass is 35.5. The van der Waals surface area contributed by atoms with Gasteiger partial charge in [0.2, 0.25) is 0 Å². The van der Waals surface area contributed by atoms with Gasteiger partial charge in [0.1, 0.15) is 17.3 Å². The number of hydrogen-bond donors (Lipinski definition) is 3. The summed E-state index contributed by atoms with van der Waals surface area (Å²) in [6, 6.07) is 4.42. The van der Waals surface area contributed by atoms with Gasteiger partial charge in [0.25, 0.3) is 0 Å². The molecule has 0 radical (unpaired) electrons. The average Bonchev–Trinajstić information content (AvgIpc) is 2.25. The van der Waals surface area contributed by atoms with E-state index in [0.717, 1.165) is 0 Å². The summed E-state index contributed by atoms with van der Waals surface area (Å²) in [7, 11) is 0. The van der Waals surface area contributed by atoms with Gasteiger partial charge in [0, 0.05) is 6.07 Å². The van der Waals surface area contributed by atoms with Gasteiger partial charge in [-0.15, -0.1) is 0 Å². The molecule has 0 bridgehead atoms. The van der Waals surface area contributed by atoms with Crippen LogP contribution in [0.1, 0.15) is 0 Å². The molecule has 0 unspecified atom stereocenters. The summed E-state index contributed by atoms with van der Waals surface area (Å²) >= 11 is 5.90. The van der Waals surface area contributed by atoms with E-state index in [1.54, 1.807) is 18.2 Å². The molecule has 6 heteroatoms. The second-order valence-corrected chi connectivity index (χ2v) is 3.76. The maximum absolute atomic E-state index is 9.20. The van der Waals surface area contributed by atoms with Gasteiger partial charge in [-0.05, 0) is 24.3 Å². The van der Waals surface area contributed by atoms with Gasteiger partial charge in [-0.3, -0.25) is 5.41 Å². The molecule has 86 valence electrons. The highest BCUT2D eigenvalue weighted by molar-refractivity contribution is 6.49. The van der Waals surface area contributed by atoms with Crippen molar-refractivity contribution in [3.63, 3.8) is 0 Å². The van der Waals surface area contributed by atoms with Crippen molar-refractivity contribution in [1.29, 1.82) is 5.41 Å². The minimum absolute atomic E-state index is 0.0193. The van der Waals surface area contributed by atoms with E-state index in [4.69, 9.17) is 22.7 Å². The normalized spacial score (nSPS) is 17.4. The third-order valence-electron chi connectivity index (χ3n) is 2.07. The van der Waals surface area contributed by atoms with Gasteiger partial charge in [-0.25, -0.2) is 9.98 Å². The number of benzene rings is 1. The number of dihydropyridines is 1. The number of nitrogens with zero attached hydrogens (tertiary/aromatic N) is 2. The van der Waals surface area contributed by atoms with E-state index in [1.165, 1.54) is 12.1 Å². The van der Waals surface area contributed by atoms with Gasteiger partial charge in [0.05, 0.1) is 10.7 Å². The Kier molecular flexibility index (Phi) is 2.93. The molecule has 0 aromatic heterocycles. The first-order chi connectivity index (χ1) is 8.06. The summed E-state index contributed by atoms with van der Waals surface area (Å²) in [6.07, 6.45) is 3.15. The summed E-state index contributed by atoms with van der Waals surface area (Å²) < 4.78 is 0. The topological polar surface area (TPSA) is 94.8 Å². The Morgan fingerprint density at radius 1 is 1.35 bits per heavy atom. The smallest absolute Gasteiger partial charge is 0.172 e. The van der Waals surface area contributed by atoms with Crippen LogP contribution in [-0.4, -0.2) is 22.5 Å². The minimum Gasteiger partial charge on any atom is -0.508 e. The van der Waals surface area contributed by atoms with Gasteiger partial charge in [-0.2, -0.15) is 0 Å². The Labute approximate surface area is 102 Å². The fraction of sp³-hybridized carbons (Fsp3) is 0. The number of amidine groups is 2. The number of nitrogens with one attached hydrogen (secondary N) is 1. The SMILES string of the molecule is N=C1N=C(N)C=CC1=Nc1ccc(O)cc1Cl. The number of rotatable bonds is 1. The number of halogens is 1. The molecule has 1 heterocycles. The molecular weight excluding hydrogens is 240 g/mol. The summed E-state index contributed by atoms with van der Waals surface area (Å²) in [5, 5.41) is 17.1. The number of phenolic OH excluding ortho intramolecular Hbond substituents is 1. The number of nitrogens with two attached hydrogens (primary N) is 1. The fourth-order valence-corrected chi connectivity index (χ4v) is 1.49. The first-order valence-corrected chi connectivity index (χ1v) is 5.12. The van der Waals surface area contributed by atoms with Crippen LogP contribution in [0.3, 0.4) is 0 Å². The van der Waals surface area contributed by atoms with Crippen molar-refractivity contribution in [3.05, 3.63) is 35.4 Å². The van der Waals surface area contributed by atoms with E-state index in [2.05, 4.69) is 9.98 Å². The average molecular weight is 249 g/mol. The Hall–Kier alpha value is -2.14. The van der Waals surface area contributed by atoms with Crippen LogP contribution >= 0.6 is 11.6 Å². The first kappa shape index (κ1) is 11.3. The van der Waals surface area contributed by atoms with E-state index < -0.39 is 0 Å². The highest BCUT2D eigenvalue weighted by Gasteiger charge is 2.09. The molecule has 0 aliphatic carbocycles. The van der Waals surface area contributed by atoms with Crippen molar-refractivity contribution >= 4 is 34.7 Å². The predicted octanol–water partition coefficient (Wildman–Crippen LogP) is 2.02. The molecular formula is C11H9ClN4O. The van der Waals surface area contributed by atoms with E-state index in [-0.39, 0.29) is 17.4 Å². The van der Waals surface area contributed by atoms with Crippen LogP contribution in [-0.2, 0) is 0 Å². The van der Waals surface area contributed by atoms with E-state index in [9.17, 15) is 5.11 Å². The highest BCUT2D eigenvalue weighted by Crippen LogP contribution is 2.28. The number of phenols is 1. The lowest BCUT2D eigenvalue weighted by atomic mass is 10.2. The zero-order valence-corrected chi connectivity index (χ0v) is 9.44. The minimum atomic E-state index is -0.0193. The summed E-state index contributed by atoms with van der Waals surface area (Å²) in [6.45, 7) is 0. The third kappa shape index (κ3) is 2.51. The van der Waals surface area contributed by atoms with Crippen molar-refractivity contribution in [3.8, 4) is 5.75 Å². The molecule has 0 atom stereocenters. The Morgan fingerprint density at radius 3 is 2.76 bits per heavy atom. The molecule has 0 fully saturated rings. The monoisotopic (exact) mass is 248 g/mol. The van der Waals surface area contributed by atoms with Crippen LogP contribution in [0.4, 0.5) is 5.69 Å². The van der Waals surface area contributed by atoms with Gasteiger partial charge >= 0.3 is 0 Å². The van der Waals surface area contributed by atoms with Crippen molar-refractivity contribution < 1.29 is 5.11 Å². The van der Waals surface area contributed by atoms with Crippen LogP contribution < -0.4 is 5.73 Å². The van der Waals surface area contributed by atoms with E-state index >= 15 is 0 Å². The molecule has 0 saturated carbocycles. The predicted molar refractivity (Wildman–Crippen MR) is 68.7 cm³/mol. The van der Waals surface area contributed by atoms with Crippen LogP contribution in [0.2, 0.25) is 5.02 Å². The van der Waals surface area contributed by atoms with Crippen LogP contribution in [0.25, 0.3) is 0 Å². The number of hydrogen-bond acceptors (Lipinski definition) is 4. The molecule has 0 spiro atoms. The second-order valence-electron chi connectivity index (χ2n) is 3.35. The van der Waals surface area contributed by atoms with Gasteiger partial charge in [-0.1, -0.05) is 11.6 Å². The fourth-order valence-electron chi connectivity index (χ4n) is 1.27. The molecule has 2 rings (SSSR count). The van der Waals surface area contributed by atoms with Gasteiger partial charge < -0.3 is 10.8 Å². The maximum Gasteiger partial charge on any atom is 0.172 e. The molecule has 0 amide bonds. The lowest BCUT2D eigenvalue weighted by molar-refractivity contribution is 0.475. The van der Waals surface area contributed by atoms with Crippen molar-refractivity contribution in [2.75, 3.05) is 0 Å². The van der Waals surface area contributed by atoms with E-state index in [0.29, 0.717) is 16.4 Å². The summed E-state index contributed by atoms with van der Waals surface area (Å²) in [5.41, 5.74) is 6.27. The van der Waals surface area contributed by atoms with Crippen LogP contribution in [0.5, 0.6) is 5.75 Å². The molecule has 1 aliphatic rings. The van der Waals surface area contributed by atoms with E-state index in [1.807, 2.05) is 0 Å². The van der Waals surface area contributed by atoms with Crippen LogP contribution in [0.15, 0.2) is 40.3 Å². The standard InChI is InChI=1S/C11H9ClN4O/c12-7-5-6(17)1-2-8(7)15-9-3-4-10(13)16-11(9)14/h1-5,17H,(H3,13,14,16). The molecule has 1 aromatic carbocycles. The second kappa shape index (κ2) is 4.39. The Morgan fingerprint density at radius 2 is 2.12 bits per heavy atom. The summed E-state index contributed by atoms with van der Waals surface area (Å²) in [5.74, 6) is 0.315. The molecule has 5 nitrogen and oxygen atoms in total. The molecule has 1 aromatic rings. The van der Waals surface area contributed by atoms with Crippen molar-refractivity contribution in [1.82, 2.24) is 0 Å². The van der Waals surface area contributed by atoms with Crippen molar-refractivity contribution in [2.24, 2.45) is 15.7 Å². The Balaban J connectivity index is 2.38. The maximum atomic E-state index is 9.20. The van der Waals surface area contributed by atoms with Crippen LogP contribution in [0, 0.1) is 5.41 Å².